The van der Waals surface area contributed by atoms with Crippen LogP contribution in [-0.4, -0.2) is 24.7 Å². The standard InChI is InChI=1S/C16H25FN2O/c1-3-19-15(13-9-10-18-11-14(13)17)16(20-2)12-7-5-4-6-8-12/h9-12,15-16,19H,3-8H2,1-2H3. The second-order valence-corrected chi connectivity index (χ2v) is 5.53. The molecule has 3 nitrogen and oxygen atoms in total. The highest BCUT2D eigenvalue weighted by Gasteiger charge is 2.32. The molecule has 0 amide bonds. The Kier molecular flexibility index (Phi) is 5.92. The number of halogens is 1. The third-order valence-corrected chi connectivity index (χ3v) is 4.28. The van der Waals surface area contributed by atoms with Gasteiger partial charge in [-0.2, -0.15) is 0 Å². The fourth-order valence-electron chi connectivity index (χ4n) is 3.32. The van der Waals surface area contributed by atoms with Gasteiger partial charge < -0.3 is 10.1 Å². The van der Waals surface area contributed by atoms with Crippen LogP contribution < -0.4 is 5.32 Å². The Bertz CT molecular complexity index is 407. The van der Waals surface area contributed by atoms with Gasteiger partial charge in [-0.05, 0) is 31.4 Å². The highest BCUT2D eigenvalue weighted by atomic mass is 19.1. The number of ether oxygens (including phenoxy) is 1. The van der Waals surface area contributed by atoms with Crippen molar-refractivity contribution in [1.29, 1.82) is 0 Å². The van der Waals surface area contributed by atoms with E-state index in [1.54, 1.807) is 19.4 Å². The van der Waals surface area contributed by atoms with Crippen molar-refractivity contribution >= 4 is 0 Å². The van der Waals surface area contributed by atoms with Crippen molar-refractivity contribution in [3.63, 3.8) is 0 Å². The third-order valence-electron chi connectivity index (χ3n) is 4.28. The van der Waals surface area contributed by atoms with Crippen molar-refractivity contribution in [3.8, 4) is 0 Å². The number of nitrogens with zero attached hydrogens (tertiary/aromatic N) is 1. The van der Waals surface area contributed by atoms with Crippen molar-refractivity contribution in [1.82, 2.24) is 10.3 Å². The lowest BCUT2D eigenvalue weighted by Gasteiger charge is -2.35. The molecule has 0 aliphatic heterocycles. The fourth-order valence-corrected chi connectivity index (χ4v) is 3.32. The van der Waals surface area contributed by atoms with Crippen molar-refractivity contribution in [3.05, 3.63) is 29.8 Å². The number of rotatable bonds is 6. The molecule has 1 aliphatic carbocycles. The molecule has 112 valence electrons. The third kappa shape index (κ3) is 3.55. The molecule has 1 fully saturated rings. The van der Waals surface area contributed by atoms with Crippen LogP contribution in [0.3, 0.4) is 0 Å². The maximum Gasteiger partial charge on any atom is 0.146 e. The molecule has 0 bridgehead atoms. The van der Waals surface area contributed by atoms with Gasteiger partial charge in [0.25, 0.3) is 0 Å². The summed E-state index contributed by atoms with van der Waals surface area (Å²) in [4.78, 5) is 3.84. The summed E-state index contributed by atoms with van der Waals surface area (Å²) in [6.45, 7) is 2.83. The van der Waals surface area contributed by atoms with Crippen LogP contribution in [0.4, 0.5) is 4.39 Å². The lowest BCUT2D eigenvalue weighted by Crippen LogP contribution is -2.39. The Balaban J connectivity index is 2.23. The molecule has 0 saturated heterocycles. The second kappa shape index (κ2) is 7.70. The lowest BCUT2D eigenvalue weighted by atomic mass is 9.81. The highest BCUT2D eigenvalue weighted by molar-refractivity contribution is 5.19. The lowest BCUT2D eigenvalue weighted by molar-refractivity contribution is 0.00705. The van der Waals surface area contributed by atoms with E-state index in [-0.39, 0.29) is 18.0 Å². The van der Waals surface area contributed by atoms with Gasteiger partial charge in [-0.3, -0.25) is 4.98 Å². The number of pyridine rings is 1. The number of hydrogen-bond donors (Lipinski definition) is 1. The molecular formula is C16H25FN2O. The summed E-state index contributed by atoms with van der Waals surface area (Å²) in [5.41, 5.74) is 0.666. The second-order valence-electron chi connectivity index (χ2n) is 5.53. The largest absolute Gasteiger partial charge is 0.379 e. The Morgan fingerprint density at radius 3 is 2.75 bits per heavy atom. The first-order valence-electron chi connectivity index (χ1n) is 7.63. The number of nitrogens with one attached hydrogen (secondary N) is 1. The zero-order chi connectivity index (χ0) is 14.4. The van der Waals surface area contributed by atoms with Crippen molar-refractivity contribution in [2.75, 3.05) is 13.7 Å². The SMILES string of the molecule is CCNC(c1ccncc1F)C(OC)C1CCCCC1. The topological polar surface area (TPSA) is 34.2 Å². The van der Waals surface area contributed by atoms with Crippen molar-refractivity contribution < 1.29 is 9.13 Å². The van der Waals surface area contributed by atoms with E-state index in [0.717, 1.165) is 6.54 Å². The van der Waals surface area contributed by atoms with E-state index < -0.39 is 0 Å². The van der Waals surface area contributed by atoms with Crippen molar-refractivity contribution in [2.24, 2.45) is 5.92 Å². The summed E-state index contributed by atoms with van der Waals surface area (Å²) in [6.07, 6.45) is 9.11. The molecule has 0 spiro atoms. The molecule has 1 heterocycles. The first kappa shape index (κ1) is 15.4. The summed E-state index contributed by atoms with van der Waals surface area (Å²) in [5.74, 6) is 0.252. The Morgan fingerprint density at radius 1 is 1.40 bits per heavy atom. The van der Waals surface area contributed by atoms with Crippen LogP contribution in [-0.2, 0) is 4.74 Å². The zero-order valence-electron chi connectivity index (χ0n) is 12.4. The van der Waals surface area contributed by atoms with Gasteiger partial charge in [0, 0.05) is 18.9 Å². The predicted molar refractivity (Wildman–Crippen MR) is 78.0 cm³/mol. The van der Waals surface area contributed by atoms with Crippen LogP contribution in [0.25, 0.3) is 0 Å². The van der Waals surface area contributed by atoms with Crippen LogP contribution in [0.2, 0.25) is 0 Å². The van der Waals surface area contributed by atoms with E-state index in [9.17, 15) is 4.39 Å². The van der Waals surface area contributed by atoms with Gasteiger partial charge in [0.2, 0.25) is 0 Å². The van der Waals surface area contributed by atoms with Crippen LogP contribution in [0, 0.1) is 11.7 Å². The molecular weight excluding hydrogens is 255 g/mol. The highest BCUT2D eigenvalue weighted by Crippen LogP contribution is 2.34. The van der Waals surface area contributed by atoms with Crippen LogP contribution in [0.5, 0.6) is 0 Å². The van der Waals surface area contributed by atoms with E-state index >= 15 is 0 Å². The van der Waals surface area contributed by atoms with E-state index in [0.29, 0.717) is 11.5 Å². The van der Waals surface area contributed by atoms with E-state index in [4.69, 9.17) is 4.74 Å². The molecule has 1 aromatic heterocycles. The maximum absolute atomic E-state index is 14.1. The van der Waals surface area contributed by atoms with Gasteiger partial charge in [-0.1, -0.05) is 26.2 Å². The van der Waals surface area contributed by atoms with Crippen LogP contribution >= 0.6 is 0 Å². The summed E-state index contributed by atoms with van der Waals surface area (Å²) in [6, 6.07) is 1.66. The first-order valence-corrected chi connectivity index (χ1v) is 7.63. The van der Waals surface area contributed by atoms with Gasteiger partial charge in [-0.15, -0.1) is 0 Å². The molecule has 2 rings (SSSR count). The molecule has 2 unspecified atom stereocenters. The normalized spacial score (nSPS) is 19.8. The van der Waals surface area contributed by atoms with E-state index in [1.165, 1.54) is 38.3 Å². The minimum absolute atomic E-state index is 0.0205. The Labute approximate surface area is 120 Å². The summed E-state index contributed by atoms with van der Waals surface area (Å²) in [7, 11) is 1.74. The summed E-state index contributed by atoms with van der Waals surface area (Å²) in [5, 5.41) is 3.40. The van der Waals surface area contributed by atoms with Gasteiger partial charge in [-0.25, -0.2) is 4.39 Å². The van der Waals surface area contributed by atoms with Crippen LogP contribution in [0.15, 0.2) is 18.5 Å². The Hall–Kier alpha value is -1.00. The van der Waals surface area contributed by atoms with Crippen molar-refractivity contribution in [2.45, 2.75) is 51.2 Å². The minimum atomic E-state index is -0.253. The zero-order valence-corrected chi connectivity index (χ0v) is 12.4. The molecule has 0 aromatic carbocycles. The molecule has 2 atom stereocenters. The molecule has 4 heteroatoms. The summed E-state index contributed by atoms with van der Waals surface area (Å²) < 4.78 is 19.8. The summed E-state index contributed by atoms with van der Waals surface area (Å²) >= 11 is 0. The minimum Gasteiger partial charge on any atom is -0.379 e. The smallest absolute Gasteiger partial charge is 0.146 e. The monoisotopic (exact) mass is 280 g/mol. The van der Waals surface area contributed by atoms with Gasteiger partial charge in [0.15, 0.2) is 0 Å². The molecule has 20 heavy (non-hydrogen) atoms. The van der Waals surface area contributed by atoms with E-state index in [1.807, 2.05) is 6.92 Å². The maximum atomic E-state index is 14.1. The average Bonchev–Trinajstić information content (AvgIpc) is 2.49. The number of hydrogen-bond acceptors (Lipinski definition) is 3. The number of aromatic nitrogens is 1. The molecule has 1 N–H and O–H groups in total. The van der Waals surface area contributed by atoms with E-state index in [2.05, 4.69) is 10.3 Å². The average molecular weight is 280 g/mol. The number of methoxy groups -OCH3 is 1. The van der Waals surface area contributed by atoms with Crippen LogP contribution in [0.1, 0.15) is 50.6 Å². The molecule has 1 saturated carbocycles. The molecule has 1 aromatic rings. The van der Waals surface area contributed by atoms with Gasteiger partial charge >= 0.3 is 0 Å². The van der Waals surface area contributed by atoms with Gasteiger partial charge in [0.1, 0.15) is 5.82 Å². The fraction of sp³-hybridized carbons (Fsp3) is 0.688. The molecule has 0 radical (unpaired) electrons. The van der Waals surface area contributed by atoms with Gasteiger partial charge in [0.05, 0.1) is 18.3 Å². The quantitative estimate of drug-likeness (QED) is 0.866. The predicted octanol–water partition coefficient (Wildman–Crippen LogP) is 3.47. The number of likely N-dealkylation sites (N-methyl/N-ethyl adjacent to an activating group) is 1. The first-order chi connectivity index (χ1) is 9.77. The molecule has 1 aliphatic rings. The Morgan fingerprint density at radius 2 is 2.15 bits per heavy atom.